The van der Waals surface area contributed by atoms with E-state index in [1.807, 2.05) is 91.0 Å². The summed E-state index contributed by atoms with van der Waals surface area (Å²) in [6, 6.07) is 28.6. The Bertz CT molecular complexity index is 1310. The van der Waals surface area contributed by atoms with Crippen LogP contribution in [0.5, 0.6) is 0 Å². The molecule has 0 spiro atoms. The van der Waals surface area contributed by atoms with Gasteiger partial charge in [-0.2, -0.15) is 23.0 Å². The van der Waals surface area contributed by atoms with Crippen LogP contribution in [0.3, 0.4) is 0 Å². The number of rotatable bonds is 22. The maximum atomic E-state index is 13.1. The maximum Gasteiger partial charge on any atom is 0.410 e. The van der Waals surface area contributed by atoms with Crippen LogP contribution in [0.2, 0.25) is 0 Å². The Labute approximate surface area is 293 Å². The Morgan fingerprint density at radius 3 is 1.15 bits per heavy atom. The van der Waals surface area contributed by atoms with Crippen molar-refractivity contribution in [3.63, 3.8) is 0 Å². The molecule has 8 nitrogen and oxygen atoms in total. The van der Waals surface area contributed by atoms with Crippen molar-refractivity contribution in [1.29, 1.82) is 0 Å². The average Bonchev–Trinajstić information content (AvgIpc) is 3.08. The van der Waals surface area contributed by atoms with E-state index in [9.17, 15) is 16.8 Å². The van der Waals surface area contributed by atoms with Gasteiger partial charge in [0.25, 0.3) is 0 Å². The summed E-state index contributed by atoms with van der Waals surface area (Å²) in [5, 5.41) is 0. The minimum Gasteiger partial charge on any atom is -0.248 e. The van der Waals surface area contributed by atoms with Gasteiger partial charge in [-0.05, 0) is 59.5 Å². The number of benzene rings is 3. The van der Waals surface area contributed by atoms with Gasteiger partial charge in [0.1, 0.15) is 23.0 Å². The molecule has 12 heteroatoms. The van der Waals surface area contributed by atoms with E-state index in [0.29, 0.717) is 6.42 Å². The van der Waals surface area contributed by atoms with Crippen molar-refractivity contribution in [2.24, 2.45) is 0 Å². The molecule has 0 amide bonds. The first-order valence-electron chi connectivity index (χ1n) is 16.0. The molecule has 0 aromatic heterocycles. The fraction of sp³-hybridized carbons (Fsp3) is 0.471. The Morgan fingerprint density at radius 2 is 0.804 bits per heavy atom. The van der Waals surface area contributed by atoms with Crippen molar-refractivity contribution in [2.45, 2.75) is 106 Å². The molecular weight excluding hydrogens is 759 g/mol. The van der Waals surface area contributed by atoms with Crippen LogP contribution in [-0.4, -0.2) is 30.0 Å². The van der Waals surface area contributed by atoms with Crippen molar-refractivity contribution in [1.82, 2.24) is 0 Å². The van der Waals surface area contributed by atoms with Crippen LogP contribution < -0.4 is 0 Å². The van der Waals surface area contributed by atoms with Crippen LogP contribution >= 0.6 is 33.3 Å². The van der Waals surface area contributed by atoms with E-state index >= 15 is 0 Å². The van der Waals surface area contributed by atoms with Crippen LogP contribution in [-0.2, 0) is 35.3 Å². The molecule has 0 saturated heterocycles. The van der Waals surface area contributed by atoms with Gasteiger partial charge in [0.05, 0.1) is 13.2 Å². The third kappa shape index (κ3) is 15.1. The highest BCUT2D eigenvalue weighted by molar-refractivity contribution is 14.1. The molecule has 0 N–H and O–H groups in total. The maximum absolute atomic E-state index is 13.1. The molecule has 0 saturated carbocycles. The van der Waals surface area contributed by atoms with Crippen LogP contribution in [0.4, 0.5) is 0 Å². The van der Waals surface area contributed by atoms with Gasteiger partial charge in [0.15, 0.2) is 0 Å². The number of hydrogen-bond acceptors (Lipinski definition) is 8. The van der Waals surface area contributed by atoms with Gasteiger partial charge in [-0.3, -0.25) is 0 Å². The molecule has 258 valence electrons. The molecule has 0 radical (unpaired) electrons. The Hall–Kier alpha value is -1.52. The minimum atomic E-state index is -4.24. The fourth-order valence-corrected chi connectivity index (χ4v) is 10.1. The zero-order valence-electron chi connectivity index (χ0n) is 26.9. The summed E-state index contributed by atoms with van der Waals surface area (Å²) in [5.74, 6) is 0. The molecule has 0 aliphatic carbocycles. The SMILES string of the molecule is CCCCCCCCOS(=O)(=O)OI.CCCCCCCCOS(=O)(=O)OS(c1ccccc1)(c1ccccc1)c1ccccc1. The molecular formula is C34H49IO8S3. The average molecular weight is 809 g/mol. The molecule has 3 aromatic carbocycles. The van der Waals surface area contributed by atoms with E-state index in [-0.39, 0.29) is 13.2 Å². The monoisotopic (exact) mass is 808 g/mol. The Kier molecular flexibility index (Phi) is 20.3. The predicted molar refractivity (Wildman–Crippen MR) is 194 cm³/mol. The first-order chi connectivity index (χ1) is 22.2. The summed E-state index contributed by atoms with van der Waals surface area (Å²) in [4.78, 5) is 2.39. The van der Waals surface area contributed by atoms with Gasteiger partial charge in [0, 0.05) is 14.7 Å². The van der Waals surface area contributed by atoms with E-state index in [4.69, 9.17) is 7.81 Å². The van der Waals surface area contributed by atoms with Gasteiger partial charge in [-0.25, -0.2) is 8.37 Å². The number of unbranched alkanes of at least 4 members (excludes halogenated alkanes) is 10. The third-order valence-corrected chi connectivity index (χ3v) is 13.6. The van der Waals surface area contributed by atoms with E-state index in [0.717, 1.165) is 46.8 Å². The smallest absolute Gasteiger partial charge is 0.248 e. The van der Waals surface area contributed by atoms with E-state index in [1.54, 1.807) is 0 Å². The molecule has 0 aliphatic heterocycles. The summed E-state index contributed by atoms with van der Waals surface area (Å²) in [6.07, 6.45) is 12.9. The highest BCUT2D eigenvalue weighted by atomic mass is 127. The van der Waals surface area contributed by atoms with Crippen molar-refractivity contribution in [2.75, 3.05) is 13.2 Å². The molecule has 46 heavy (non-hydrogen) atoms. The van der Waals surface area contributed by atoms with Gasteiger partial charge in [-0.15, -0.1) is 0 Å². The lowest BCUT2D eigenvalue weighted by molar-refractivity contribution is 0.270. The quantitative estimate of drug-likeness (QED) is 0.0730. The summed E-state index contributed by atoms with van der Waals surface area (Å²) in [5.41, 5.74) is 0. The van der Waals surface area contributed by atoms with Gasteiger partial charge in [0.2, 0.25) is 0 Å². The number of halogens is 1. The summed E-state index contributed by atoms with van der Waals surface area (Å²) in [6.45, 7) is 4.68. The first kappa shape index (κ1) is 40.7. The predicted octanol–water partition coefficient (Wildman–Crippen LogP) is 10.5. The highest BCUT2D eigenvalue weighted by Gasteiger charge is 2.38. The molecule has 0 atom stereocenters. The standard InChI is InChI=1S/C26H32O4S2.C8H17IO4S/c1-2-3-4-5-6-16-23-29-32(27,28)30-31(24-17-10-7-11-18-24,25-19-12-8-13-20-25)26-21-14-9-15-22-26;1-2-3-4-5-6-7-8-12-14(10,11)13-9/h7-15,17-22H,2-6,16,23H2,1H3;2-8H2,1H3. The lowest BCUT2D eigenvalue weighted by Crippen LogP contribution is -2.17. The lowest BCUT2D eigenvalue weighted by atomic mass is 10.1. The molecule has 0 heterocycles. The Balaban J connectivity index is 0.000000444. The molecule has 0 aliphatic rings. The van der Waals surface area contributed by atoms with Gasteiger partial charge in [-0.1, -0.05) is 133 Å². The van der Waals surface area contributed by atoms with Gasteiger partial charge >= 0.3 is 20.8 Å². The topological polar surface area (TPSA) is 105 Å². The van der Waals surface area contributed by atoms with Crippen LogP contribution in [0.15, 0.2) is 106 Å². The second-order valence-corrected chi connectivity index (χ2v) is 17.0. The highest BCUT2D eigenvalue weighted by Crippen LogP contribution is 2.69. The molecule has 0 unspecified atom stereocenters. The summed E-state index contributed by atoms with van der Waals surface area (Å²) in [7, 11) is -10.5. The molecule has 0 bridgehead atoms. The zero-order chi connectivity index (χ0) is 33.6. The zero-order valence-corrected chi connectivity index (χ0v) is 31.5. The van der Waals surface area contributed by atoms with E-state index < -0.39 is 31.1 Å². The Morgan fingerprint density at radius 1 is 0.478 bits per heavy atom. The van der Waals surface area contributed by atoms with Crippen LogP contribution in [0.1, 0.15) is 90.9 Å². The van der Waals surface area contributed by atoms with E-state index in [1.165, 1.54) is 61.5 Å². The summed E-state index contributed by atoms with van der Waals surface area (Å²) < 4.78 is 67.5. The third-order valence-electron chi connectivity index (χ3n) is 6.94. The second-order valence-electron chi connectivity index (χ2n) is 10.6. The van der Waals surface area contributed by atoms with Crippen LogP contribution in [0.25, 0.3) is 0 Å². The molecule has 3 rings (SSSR count). The first-order valence-corrected chi connectivity index (χ1v) is 21.1. The summed E-state index contributed by atoms with van der Waals surface area (Å²) >= 11 is 1.30. The normalized spacial score (nSPS) is 12.3. The fourth-order valence-electron chi connectivity index (χ4n) is 4.61. The largest absolute Gasteiger partial charge is 0.410 e. The van der Waals surface area contributed by atoms with Crippen molar-refractivity contribution in [3.8, 4) is 0 Å². The molecule has 0 fully saturated rings. The molecule has 3 aromatic rings. The van der Waals surface area contributed by atoms with Crippen molar-refractivity contribution in [3.05, 3.63) is 91.0 Å². The van der Waals surface area contributed by atoms with Crippen molar-refractivity contribution >= 4 is 54.1 Å². The lowest BCUT2D eigenvalue weighted by Gasteiger charge is -2.38. The second kappa shape index (κ2) is 22.9. The van der Waals surface area contributed by atoms with Crippen LogP contribution in [0, 0.1) is 0 Å². The minimum absolute atomic E-state index is 0.127. The van der Waals surface area contributed by atoms with Gasteiger partial charge < -0.3 is 0 Å². The number of hydrogen-bond donors (Lipinski definition) is 0. The van der Waals surface area contributed by atoms with Crippen molar-refractivity contribution < 1.29 is 31.3 Å². The van der Waals surface area contributed by atoms with E-state index in [2.05, 4.69) is 20.5 Å².